The molecular formula is C38H49N4O8P. The second-order valence-corrected chi connectivity index (χ2v) is 15.9. The molecule has 3 aromatic rings. The fourth-order valence-corrected chi connectivity index (χ4v) is 7.38. The van der Waals surface area contributed by atoms with Crippen LogP contribution in [0.5, 0.6) is 0 Å². The monoisotopic (exact) mass is 720 g/mol. The Hall–Kier alpha value is -4.35. The van der Waals surface area contributed by atoms with E-state index >= 15 is 0 Å². The van der Waals surface area contributed by atoms with Crippen molar-refractivity contribution < 1.29 is 37.5 Å². The van der Waals surface area contributed by atoms with Gasteiger partial charge in [-0.25, -0.2) is 4.79 Å². The molecule has 13 heteroatoms. The summed E-state index contributed by atoms with van der Waals surface area (Å²) in [6.07, 6.45) is 2.33. The van der Waals surface area contributed by atoms with Crippen molar-refractivity contribution in [1.82, 2.24) is 10.6 Å². The number of nitrogens with one attached hydrogen (secondary N) is 2. The van der Waals surface area contributed by atoms with E-state index in [-0.39, 0.29) is 19.4 Å². The van der Waals surface area contributed by atoms with Gasteiger partial charge in [-0.15, -0.1) is 0 Å². The Labute approximate surface area is 299 Å². The Morgan fingerprint density at radius 3 is 1.82 bits per heavy atom. The van der Waals surface area contributed by atoms with Crippen LogP contribution < -0.4 is 22.1 Å². The van der Waals surface area contributed by atoms with Crippen LogP contribution in [0.3, 0.4) is 0 Å². The average molecular weight is 721 g/mol. The summed E-state index contributed by atoms with van der Waals surface area (Å²) in [6, 6.07) is 23.1. The maximum absolute atomic E-state index is 14.0. The summed E-state index contributed by atoms with van der Waals surface area (Å²) in [4.78, 5) is 52.0. The second kappa shape index (κ2) is 17.7. The van der Waals surface area contributed by atoms with Crippen LogP contribution in [0.4, 0.5) is 0 Å². The molecule has 6 N–H and O–H groups in total. The van der Waals surface area contributed by atoms with Crippen molar-refractivity contribution in [3.63, 3.8) is 0 Å². The predicted molar refractivity (Wildman–Crippen MR) is 193 cm³/mol. The third-order valence-corrected chi connectivity index (χ3v) is 10.2. The van der Waals surface area contributed by atoms with Crippen LogP contribution in [-0.4, -0.2) is 40.9 Å². The van der Waals surface area contributed by atoms with E-state index in [0.717, 1.165) is 17.5 Å². The minimum absolute atomic E-state index is 0.0121. The molecule has 3 amide bonds. The maximum atomic E-state index is 14.0. The lowest BCUT2D eigenvalue weighted by Gasteiger charge is -2.38. The van der Waals surface area contributed by atoms with Crippen molar-refractivity contribution in [2.75, 3.05) is 0 Å². The fourth-order valence-electron chi connectivity index (χ4n) is 5.77. The zero-order chi connectivity index (χ0) is 37.1. The van der Waals surface area contributed by atoms with E-state index in [9.17, 15) is 23.7 Å². The lowest BCUT2D eigenvalue weighted by atomic mass is 9.80. The minimum Gasteiger partial charge on any atom is -0.458 e. The van der Waals surface area contributed by atoms with Gasteiger partial charge in [-0.1, -0.05) is 104 Å². The Morgan fingerprint density at radius 1 is 0.804 bits per heavy atom. The van der Waals surface area contributed by atoms with Crippen LogP contribution in [0.1, 0.15) is 87.6 Å². The number of ether oxygens (including phenoxy) is 1. The molecule has 0 heterocycles. The van der Waals surface area contributed by atoms with E-state index < -0.39 is 60.9 Å². The summed E-state index contributed by atoms with van der Waals surface area (Å²) in [7, 11) is -3.63. The SMILES string of the molecule is CC(C)(C)OC(=O)[C@H](CC(N)=O)NC(=O)C1(NC(=O)[C@H](N)c2ccc(CP(=O)(OCc3ccccc3)OCc3ccccc3)cc2)CCCCC1. The van der Waals surface area contributed by atoms with Crippen LogP contribution >= 0.6 is 7.60 Å². The maximum Gasteiger partial charge on any atom is 0.335 e. The lowest BCUT2D eigenvalue weighted by molar-refractivity contribution is -0.160. The number of amides is 3. The first-order chi connectivity index (χ1) is 24.2. The van der Waals surface area contributed by atoms with Crippen LogP contribution in [-0.2, 0) is 56.9 Å². The number of hydrogen-bond acceptors (Lipinski definition) is 9. The molecule has 0 radical (unpaired) electrons. The number of nitrogens with two attached hydrogens (primary N) is 2. The highest BCUT2D eigenvalue weighted by atomic mass is 31.2. The number of carbonyl (C=O) groups is 4. The Balaban J connectivity index is 1.46. The lowest BCUT2D eigenvalue weighted by Crippen LogP contribution is -2.63. The largest absolute Gasteiger partial charge is 0.458 e. The molecule has 0 saturated heterocycles. The van der Waals surface area contributed by atoms with Gasteiger partial charge in [0.25, 0.3) is 0 Å². The van der Waals surface area contributed by atoms with E-state index in [1.807, 2.05) is 60.7 Å². The summed E-state index contributed by atoms with van der Waals surface area (Å²) < 4.78 is 31.2. The van der Waals surface area contributed by atoms with Gasteiger partial charge in [-0.3, -0.25) is 18.9 Å². The molecule has 0 aliphatic heterocycles. The van der Waals surface area contributed by atoms with E-state index in [1.165, 1.54) is 0 Å². The topological polar surface area (TPSA) is 189 Å². The molecular weight excluding hydrogens is 671 g/mol. The zero-order valence-corrected chi connectivity index (χ0v) is 30.4. The molecule has 0 spiro atoms. The van der Waals surface area contributed by atoms with Gasteiger partial charge >= 0.3 is 13.6 Å². The van der Waals surface area contributed by atoms with Crippen molar-refractivity contribution >= 4 is 31.3 Å². The van der Waals surface area contributed by atoms with Gasteiger partial charge in [0.05, 0.1) is 25.8 Å². The summed E-state index contributed by atoms with van der Waals surface area (Å²) in [5.41, 5.74) is 12.4. The third-order valence-electron chi connectivity index (χ3n) is 8.45. The molecule has 0 aromatic heterocycles. The van der Waals surface area contributed by atoms with Gasteiger partial charge in [0.2, 0.25) is 17.7 Å². The van der Waals surface area contributed by atoms with Gasteiger partial charge < -0.3 is 35.9 Å². The summed E-state index contributed by atoms with van der Waals surface area (Å²) in [6.45, 7) is 5.22. The van der Waals surface area contributed by atoms with Crippen LogP contribution in [0.25, 0.3) is 0 Å². The van der Waals surface area contributed by atoms with Gasteiger partial charge in [-0.2, -0.15) is 0 Å². The zero-order valence-electron chi connectivity index (χ0n) is 29.5. The number of carbonyl (C=O) groups excluding carboxylic acids is 4. The highest BCUT2D eigenvalue weighted by molar-refractivity contribution is 7.52. The minimum atomic E-state index is -3.63. The first kappa shape index (κ1) is 39.4. The first-order valence-corrected chi connectivity index (χ1v) is 18.8. The van der Waals surface area contributed by atoms with Crippen LogP contribution in [0.15, 0.2) is 84.9 Å². The van der Waals surface area contributed by atoms with Crippen molar-refractivity contribution in [1.29, 1.82) is 0 Å². The Kier molecular flexibility index (Phi) is 13.7. The molecule has 1 aliphatic carbocycles. The third kappa shape index (κ3) is 12.1. The number of primary amides is 1. The van der Waals surface area contributed by atoms with Crippen LogP contribution in [0.2, 0.25) is 0 Å². The highest BCUT2D eigenvalue weighted by Gasteiger charge is 2.44. The smallest absolute Gasteiger partial charge is 0.335 e. The number of esters is 1. The number of hydrogen-bond donors (Lipinski definition) is 4. The molecule has 1 fully saturated rings. The fraction of sp³-hybridized carbons (Fsp3) is 0.421. The molecule has 4 rings (SSSR count). The van der Waals surface area contributed by atoms with Crippen molar-refractivity contribution in [2.24, 2.45) is 11.5 Å². The summed E-state index contributed by atoms with van der Waals surface area (Å²) in [5.74, 6) is -2.80. The molecule has 0 bridgehead atoms. The number of rotatable bonds is 16. The second-order valence-electron chi connectivity index (χ2n) is 13.9. The summed E-state index contributed by atoms with van der Waals surface area (Å²) in [5, 5.41) is 5.48. The number of benzene rings is 3. The van der Waals surface area contributed by atoms with E-state index in [0.29, 0.717) is 36.8 Å². The van der Waals surface area contributed by atoms with Gasteiger partial charge in [0.1, 0.15) is 23.2 Å². The first-order valence-electron chi connectivity index (χ1n) is 17.1. The molecule has 0 unspecified atom stereocenters. The molecule has 274 valence electrons. The van der Waals surface area contributed by atoms with Gasteiger partial charge in [0, 0.05) is 0 Å². The Morgan fingerprint density at radius 2 is 1.33 bits per heavy atom. The van der Waals surface area contributed by atoms with E-state index in [1.54, 1.807) is 45.0 Å². The van der Waals surface area contributed by atoms with Crippen molar-refractivity contribution in [3.8, 4) is 0 Å². The van der Waals surface area contributed by atoms with Gasteiger partial charge in [0.15, 0.2) is 0 Å². The normalized spacial score (nSPS) is 15.6. The molecule has 51 heavy (non-hydrogen) atoms. The summed E-state index contributed by atoms with van der Waals surface area (Å²) >= 11 is 0. The molecule has 3 aromatic carbocycles. The van der Waals surface area contributed by atoms with Crippen molar-refractivity contribution in [3.05, 3.63) is 107 Å². The predicted octanol–water partition coefficient (Wildman–Crippen LogP) is 5.33. The molecule has 2 atom stereocenters. The van der Waals surface area contributed by atoms with Gasteiger partial charge in [-0.05, 0) is 55.9 Å². The quantitative estimate of drug-likeness (QED) is 0.112. The van der Waals surface area contributed by atoms with E-state index in [4.69, 9.17) is 25.3 Å². The molecule has 1 aliphatic rings. The van der Waals surface area contributed by atoms with E-state index in [2.05, 4.69) is 10.6 Å². The standard InChI is InChI=1S/C38H49N4O8P/c1-37(2,3)50-35(45)31(23-32(39)43)41-36(46)38(21-11-6-12-22-38)42-34(44)33(40)30-19-17-29(18-20-30)26-51(47,48-24-27-13-7-4-8-14-27)49-25-28-15-9-5-10-16-28/h4-5,7-10,13-20,31,33H,6,11-12,21-26,40H2,1-3H3,(H2,39,43)(H,41,46)(H,42,44)/t31-,33+/m0/s1. The molecule has 12 nitrogen and oxygen atoms in total. The van der Waals surface area contributed by atoms with Crippen LogP contribution in [0, 0.1) is 0 Å². The average Bonchev–Trinajstić information content (AvgIpc) is 3.10. The molecule has 1 saturated carbocycles. The highest BCUT2D eigenvalue weighted by Crippen LogP contribution is 2.53. The van der Waals surface area contributed by atoms with Crippen molar-refractivity contribution in [2.45, 2.75) is 102 Å². The Bertz CT molecular complexity index is 1630.